The highest BCUT2D eigenvalue weighted by atomic mass is 28.3. The largest absolute Gasteiger partial charge is 0.103 e. The first kappa shape index (κ1) is 23.9. The van der Waals surface area contributed by atoms with E-state index in [0.717, 1.165) is 17.5 Å². The molecule has 0 spiro atoms. The van der Waals surface area contributed by atoms with Crippen LogP contribution in [0, 0.1) is 29.1 Å². The van der Waals surface area contributed by atoms with Gasteiger partial charge in [0.1, 0.15) is 0 Å². The van der Waals surface area contributed by atoms with Crippen molar-refractivity contribution in [3.8, 4) is 0 Å². The van der Waals surface area contributed by atoms with Gasteiger partial charge in [-0.05, 0) is 65.1 Å². The fourth-order valence-electron chi connectivity index (χ4n) is 8.22. The van der Waals surface area contributed by atoms with Crippen molar-refractivity contribution in [1.82, 2.24) is 0 Å². The number of allylic oxidation sites excluding steroid dienone is 9. The average Bonchev–Trinajstić information content (AvgIpc) is 3.47. The van der Waals surface area contributed by atoms with Gasteiger partial charge in [-0.2, -0.15) is 0 Å². The predicted octanol–water partition coefficient (Wildman–Crippen LogP) is 8.77. The lowest BCUT2D eigenvalue weighted by Crippen LogP contribution is -2.57. The first-order chi connectivity index (χ1) is 16.4. The van der Waals surface area contributed by atoms with Gasteiger partial charge in [-0.25, -0.2) is 0 Å². The van der Waals surface area contributed by atoms with Crippen LogP contribution in [0.25, 0.3) is 0 Å². The third kappa shape index (κ3) is 3.98. The van der Waals surface area contributed by atoms with Crippen molar-refractivity contribution in [2.75, 3.05) is 0 Å². The molecule has 4 aliphatic rings. The second kappa shape index (κ2) is 9.30. The molecule has 0 aliphatic heterocycles. The number of rotatable bonds is 6. The van der Waals surface area contributed by atoms with Crippen LogP contribution in [0.15, 0.2) is 90.6 Å². The first-order valence-electron chi connectivity index (χ1n) is 13.8. The van der Waals surface area contributed by atoms with E-state index >= 15 is 0 Å². The molecule has 1 aromatic carbocycles. The van der Waals surface area contributed by atoms with Crippen molar-refractivity contribution in [2.45, 2.75) is 76.9 Å². The SMILES string of the molecule is C=CCC[Si](c1ccccc1)(C1CCCC1)C1C2C=C(C)C=CC2C2C=CC(C(C)(C)C)=CC21. The topological polar surface area (TPSA) is 0 Å². The van der Waals surface area contributed by atoms with Gasteiger partial charge >= 0.3 is 0 Å². The summed E-state index contributed by atoms with van der Waals surface area (Å²) in [7, 11) is -1.89. The van der Waals surface area contributed by atoms with E-state index < -0.39 is 8.07 Å². The lowest BCUT2D eigenvalue weighted by molar-refractivity contribution is 0.441. The molecule has 1 aromatic rings. The number of fused-ring (bicyclic) bond motifs is 3. The molecule has 180 valence electrons. The molecule has 6 unspecified atom stereocenters. The van der Waals surface area contributed by atoms with Gasteiger partial charge in [0.15, 0.2) is 0 Å². The Kier molecular flexibility index (Phi) is 6.53. The second-order valence-electron chi connectivity index (χ2n) is 12.6. The van der Waals surface area contributed by atoms with E-state index in [1.807, 2.05) is 0 Å². The van der Waals surface area contributed by atoms with E-state index in [1.165, 1.54) is 37.3 Å². The van der Waals surface area contributed by atoms with Gasteiger partial charge in [-0.3, -0.25) is 0 Å². The molecular weight excluding hydrogens is 424 g/mol. The molecule has 4 aliphatic carbocycles. The Morgan fingerprint density at radius 2 is 1.56 bits per heavy atom. The molecule has 6 atom stereocenters. The average molecular weight is 469 g/mol. The van der Waals surface area contributed by atoms with Crippen molar-refractivity contribution < 1.29 is 0 Å². The smallest absolute Gasteiger partial charge is 0.0943 e. The second-order valence-corrected chi connectivity index (χ2v) is 17.2. The third-order valence-electron chi connectivity index (χ3n) is 9.69. The highest BCUT2D eigenvalue weighted by molar-refractivity contribution is 6.94. The van der Waals surface area contributed by atoms with Crippen LogP contribution >= 0.6 is 0 Å². The Labute approximate surface area is 209 Å². The minimum absolute atomic E-state index is 0.201. The summed E-state index contributed by atoms with van der Waals surface area (Å²) in [5, 5.41) is 1.73. The van der Waals surface area contributed by atoms with Gasteiger partial charge in [-0.15, -0.1) is 6.58 Å². The summed E-state index contributed by atoms with van der Waals surface area (Å²) >= 11 is 0. The van der Waals surface area contributed by atoms with Crippen LogP contribution in [0.2, 0.25) is 17.1 Å². The van der Waals surface area contributed by atoms with Gasteiger partial charge in [0.2, 0.25) is 0 Å². The number of hydrogen-bond donors (Lipinski definition) is 0. The van der Waals surface area contributed by atoms with Crippen LogP contribution in [0.3, 0.4) is 0 Å². The first-order valence-corrected chi connectivity index (χ1v) is 16.2. The zero-order chi connectivity index (χ0) is 23.9. The Hall–Kier alpha value is -1.86. The van der Waals surface area contributed by atoms with Crippen LogP contribution in [-0.4, -0.2) is 8.07 Å². The molecule has 0 N–H and O–H groups in total. The fraction of sp³-hybridized carbons (Fsp3) is 0.515. The van der Waals surface area contributed by atoms with Crippen molar-refractivity contribution in [3.63, 3.8) is 0 Å². The molecule has 0 amide bonds. The van der Waals surface area contributed by atoms with Crippen LogP contribution in [0.5, 0.6) is 0 Å². The predicted molar refractivity (Wildman–Crippen MR) is 151 cm³/mol. The summed E-state index contributed by atoms with van der Waals surface area (Å²) in [4.78, 5) is 0. The molecule has 2 saturated carbocycles. The minimum atomic E-state index is -1.89. The monoisotopic (exact) mass is 468 g/mol. The number of hydrogen-bond acceptors (Lipinski definition) is 0. The van der Waals surface area contributed by atoms with Crippen LogP contribution in [0.4, 0.5) is 0 Å². The van der Waals surface area contributed by atoms with Gasteiger partial charge < -0.3 is 0 Å². The summed E-state index contributed by atoms with van der Waals surface area (Å²) < 4.78 is 0. The Balaban J connectivity index is 1.73. The van der Waals surface area contributed by atoms with Crippen molar-refractivity contribution in [1.29, 1.82) is 0 Å². The van der Waals surface area contributed by atoms with Crippen molar-refractivity contribution in [3.05, 3.63) is 90.6 Å². The van der Waals surface area contributed by atoms with Gasteiger partial charge in [-0.1, -0.05) is 130 Å². The maximum absolute atomic E-state index is 4.21. The molecule has 34 heavy (non-hydrogen) atoms. The standard InChI is InChI=1S/C33H44Si/c1-6-7-21-34(27-15-11-12-16-27,26-13-9-8-10-14-26)32-30-22-24(2)17-19-28(30)29-20-18-25(23-31(29)32)33(3,4)5/h6,8-10,13-14,17-20,22-23,27-32H,1,7,11-12,15-16,21H2,2-5H3. The molecule has 0 aromatic heterocycles. The normalized spacial score (nSPS) is 32.5. The lowest BCUT2D eigenvalue weighted by atomic mass is 9.76. The van der Waals surface area contributed by atoms with E-state index in [2.05, 4.69) is 107 Å². The van der Waals surface area contributed by atoms with Crippen molar-refractivity contribution in [2.24, 2.45) is 29.1 Å². The Morgan fingerprint density at radius 1 is 0.912 bits per heavy atom. The fourth-order valence-corrected chi connectivity index (χ4v) is 15.6. The highest BCUT2D eigenvalue weighted by Gasteiger charge is 2.60. The number of benzene rings is 1. The maximum Gasteiger partial charge on any atom is 0.0943 e. The molecule has 2 fully saturated rings. The van der Waals surface area contributed by atoms with Gasteiger partial charge in [0.05, 0.1) is 8.07 Å². The van der Waals surface area contributed by atoms with Crippen LogP contribution in [-0.2, 0) is 0 Å². The van der Waals surface area contributed by atoms with E-state index in [-0.39, 0.29) is 5.41 Å². The maximum atomic E-state index is 4.21. The molecule has 0 saturated heterocycles. The molecule has 0 heterocycles. The molecule has 0 nitrogen and oxygen atoms in total. The van der Waals surface area contributed by atoms with E-state index in [9.17, 15) is 0 Å². The summed E-state index contributed by atoms with van der Waals surface area (Å²) in [5.41, 5.74) is 4.88. The zero-order valence-corrected chi connectivity index (χ0v) is 22.8. The minimum Gasteiger partial charge on any atom is -0.103 e. The molecule has 0 bridgehead atoms. The quantitative estimate of drug-likeness (QED) is 0.289. The molecule has 5 rings (SSSR count). The van der Waals surface area contributed by atoms with E-state index in [1.54, 1.807) is 10.8 Å². The summed E-state index contributed by atoms with van der Waals surface area (Å²) in [6.07, 6.45) is 24.6. The third-order valence-corrected chi connectivity index (χ3v) is 16.2. The summed E-state index contributed by atoms with van der Waals surface area (Å²) in [6, 6.07) is 13.3. The molecule has 0 radical (unpaired) electrons. The lowest BCUT2D eigenvalue weighted by Gasteiger charge is -2.48. The molecular formula is C33H44Si. The van der Waals surface area contributed by atoms with E-state index in [0.29, 0.717) is 23.7 Å². The van der Waals surface area contributed by atoms with Crippen LogP contribution in [0.1, 0.15) is 59.8 Å². The summed E-state index contributed by atoms with van der Waals surface area (Å²) in [5.74, 6) is 2.60. The highest BCUT2D eigenvalue weighted by Crippen LogP contribution is 2.63. The van der Waals surface area contributed by atoms with Gasteiger partial charge in [0.25, 0.3) is 0 Å². The molecule has 1 heteroatoms. The Morgan fingerprint density at radius 3 is 2.21 bits per heavy atom. The summed E-state index contributed by atoms with van der Waals surface area (Å²) in [6.45, 7) is 13.7. The van der Waals surface area contributed by atoms with Crippen LogP contribution < -0.4 is 5.19 Å². The van der Waals surface area contributed by atoms with E-state index in [4.69, 9.17) is 0 Å². The van der Waals surface area contributed by atoms with Gasteiger partial charge in [0, 0.05) is 0 Å². The Bertz CT molecular complexity index is 1010. The van der Waals surface area contributed by atoms with Crippen molar-refractivity contribution >= 4 is 13.3 Å². The zero-order valence-electron chi connectivity index (χ0n) is 21.8.